The van der Waals surface area contributed by atoms with Crippen LogP contribution in [0.2, 0.25) is 0 Å². The molecule has 9 heteroatoms. The van der Waals surface area contributed by atoms with Crippen molar-refractivity contribution < 1.29 is 45.0 Å². The Morgan fingerprint density at radius 2 is 1.20 bits per heavy atom. The van der Waals surface area contributed by atoms with Crippen LogP contribution in [0.15, 0.2) is 0 Å². The second-order valence-electron chi connectivity index (χ2n) is 5.87. The number of unbranched alkanes of at least 4 members (excludes halogenated alkanes) is 6. The molecule has 0 aromatic carbocycles. The van der Waals surface area contributed by atoms with E-state index >= 15 is 0 Å². The summed E-state index contributed by atoms with van der Waals surface area (Å²) in [5, 5.41) is 50.9. The Morgan fingerprint density at radius 3 is 1.52 bits per heavy atom. The summed E-state index contributed by atoms with van der Waals surface area (Å²) < 4.78 is 0. The fourth-order valence-electron chi connectivity index (χ4n) is 2.00. The van der Waals surface area contributed by atoms with Crippen LogP contribution in [0.1, 0.15) is 71.1 Å². The first-order chi connectivity index (χ1) is 11.5. The molecular formula is C16H30O9. The Kier molecular flexibility index (Phi) is 14.9. The normalized spacial score (nSPS) is 10.9. The Hall–Kier alpha value is -1.71. The molecule has 0 aliphatic rings. The summed E-state index contributed by atoms with van der Waals surface area (Å²) in [6, 6.07) is 0. The maximum atomic E-state index is 10.3. The number of rotatable bonds is 13. The Balaban J connectivity index is 0. The van der Waals surface area contributed by atoms with Crippen LogP contribution in [-0.4, -0.2) is 60.4 Å². The van der Waals surface area contributed by atoms with Crippen LogP contribution in [0, 0.1) is 0 Å². The molecule has 0 heterocycles. The topological polar surface area (TPSA) is 173 Å². The summed E-state index contributed by atoms with van der Waals surface area (Å²) in [7, 11) is 0. The number of aliphatic hydroxyl groups excluding tert-OH is 1. The van der Waals surface area contributed by atoms with Crippen LogP contribution >= 0.6 is 0 Å². The first kappa shape index (κ1) is 25.5. The summed E-state index contributed by atoms with van der Waals surface area (Å²) in [6.07, 6.45) is 5.74. The van der Waals surface area contributed by atoms with Crippen molar-refractivity contribution in [2.75, 3.05) is 0 Å². The molecule has 0 aliphatic heterocycles. The van der Waals surface area contributed by atoms with E-state index in [4.69, 9.17) is 30.6 Å². The van der Waals surface area contributed by atoms with Gasteiger partial charge < -0.3 is 30.6 Å². The molecule has 0 rings (SSSR count). The predicted molar refractivity (Wildman–Crippen MR) is 87.9 cm³/mol. The second-order valence-corrected chi connectivity index (χ2v) is 5.87. The number of aliphatic carboxylic acids is 3. The van der Waals surface area contributed by atoms with Gasteiger partial charge in [-0.1, -0.05) is 45.4 Å². The molecule has 148 valence electrons. The van der Waals surface area contributed by atoms with E-state index in [1.54, 1.807) is 0 Å². The highest BCUT2D eigenvalue weighted by atomic mass is 16.5. The van der Waals surface area contributed by atoms with Crippen molar-refractivity contribution in [1.82, 2.24) is 0 Å². The lowest BCUT2D eigenvalue weighted by Crippen LogP contribution is -2.42. The van der Waals surface area contributed by atoms with Gasteiger partial charge in [-0.05, 0) is 12.8 Å². The molecule has 0 aromatic heterocycles. The minimum absolute atomic E-state index is 0.535. The summed E-state index contributed by atoms with van der Waals surface area (Å²) in [5.74, 6) is -5.02. The van der Waals surface area contributed by atoms with E-state index < -0.39 is 42.6 Å². The highest BCUT2D eigenvalue weighted by Crippen LogP contribution is 2.15. The molecule has 6 N–H and O–H groups in total. The molecule has 0 amide bonds. The fraction of sp³-hybridized carbons (Fsp3) is 0.812. The van der Waals surface area contributed by atoms with E-state index in [9.17, 15) is 14.4 Å². The van der Waals surface area contributed by atoms with E-state index in [1.165, 1.54) is 32.1 Å². The first-order valence-corrected chi connectivity index (χ1v) is 8.30. The third kappa shape index (κ3) is 16.9. The fourth-order valence-corrected chi connectivity index (χ4v) is 2.00. The van der Waals surface area contributed by atoms with E-state index in [0.29, 0.717) is 6.42 Å². The highest BCUT2D eigenvalue weighted by Gasteiger charge is 2.40. The number of hydrogen-bond acceptors (Lipinski definition) is 6. The van der Waals surface area contributed by atoms with Gasteiger partial charge in [0.25, 0.3) is 0 Å². The van der Waals surface area contributed by atoms with Crippen molar-refractivity contribution >= 4 is 17.9 Å². The molecule has 0 saturated carbocycles. The van der Waals surface area contributed by atoms with Crippen LogP contribution in [0.4, 0.5) is 0 Å². The van der Waals surface area contributed by atoms with Gasteiger partial charge in [-0.15, -0.1) is 0 Å². The zero-order valence-electron chi connectivity index (χ0n) is 14.6. The molecule has 25 heavy (non-hydrogen) atoms. The number of carboxylic acid groups (broad SMARTS) is 3. The number of carboxylic acids is 3. The molecule has 0 unspecified atom stereocenters. The maximum absolute atomic E-state index is 10.3. The van der Waals surface area contributed by atoms with Crippen molar-refractivity contribution in [3.05, 3.63) is 0 Å². The number of carbonyl (C=O) groups is 3. The lowest BCUT2D eigenvalue weighted by Gasteiger charge is -2.18. The van der Waals surface area contributed by atoms with Gasteiger partial charge in [-0.25, -0.2) is 4.79 Å². The molecule has 0 radical (unpaired) electrons. The lowest BCUT2D eigenvalue weighted by atomic mass is 9.96. The van der Waals surface area contributed by atoms with Crippen LogP contribution < -0.4 is 0 Å². The third-order valence-electron chi connectivity index (χ3n) is 3.35. The second kappa shape index (κ2) is 14.6. The standard InChI is InChI=1S/C10H22O2.C6H8O7/c1-2-3-4-5-6-7-8-9-10(11)12;7-3(8)1-6(13,5(11)12)2-4(9)10/h10-12H,2-9H2,1H3;13H,1-2H2,(H,7,8)(H,9,10)(H,11,12). The molecule has 0 atom stereocenters. The first-order valence-electron chi connectivity index (χ1n) is 8.30. The molecule has 0 saturated heterocycles. The van der Waals surface area contributed by atoms with Crippen LogP contribution in [0.25, 0.3) is 0 Å². The Bertz CT molecular complexity index is 377. The monoisotopic (exact) mass is 366 g/mol. The minimum atomic E-state index is -2.74. The van der Waals surface area contributed by atoms with Gasteiger partial charge in [-0.2, -0.15) is 0 Å². The van der Waals surface area contributed by atoms with Crippen molar-refractivity contribution in [3.63, 3.8) is 0 Å². The van der Waals surface area contributed by atoms with Crippen LogP contribution in [-0.2, 0) is 14.4 Å². The number of aliphatic hydroxyl groups is 3. The minimum Gasteiger partial charge on any atom is -0.481 e. The average molecular weight is 366 g/mol. The van der Waals surface area contributed by atoms with Gasteiger partial charge in [-0.3, -0.25) is 9.59 Å². The largest absolute Gasteiger partial charge is 0.481 e. The van der Waals surface area contributed by atoms with Crippen molar-refractivity contribution in [2.24, 2.45) is 0 Å². The molecule has 0 aliphatic carbocycles. The van der Waals surface area contributed by atoms with Gasteiger partial charge >= 0.3 is 17.9 Å². The molecular weight excluding hydrogens is 336 g/mol. The Morgan fingerprint density at radius 1 is 0.800 bits per heavy atom. The molecule has 0 bridgehead atoms. The Labute approximate surface area is 146 Å². The van der Waals surface area contributed by atoms with E-state index in [1.807, 2.05) is 0 Å². The van der Waals surface area contributed by atoms with E-state index in [2.05, 4.69) is 6.92 Å². The number of hydrogen-bond donors (Lipinski definition) is 6. The molecule has 9 nitrogen and oxygen atoms in total. The van der Waals surface area contributed by atoms with Gasteiger partial charge in [0.05, 0.1) is 12.8 Å². The molecule has 0 fully saturated rings. The van der Waals surface area contributed by atoms with Crippen LogP contribution in [0.3, 0.4) is 0 Å². The van der Waals surface area contributed by atoms with Gasteiger partial charge in [0.15, 0.2) is 11.9 Å². The quantitative estimate of drug-likeness (QED) is 0.207. The highest BCUT2D eigenvalue weighted by molar-refractivity contribution is 5.88. The van der Waals surface area contributed by atoms with Gasteiger partial charge in [0.2, 0.25) is 0 Å². The van der Waals surface area contributed by atoms with Crippen molar-refractivity contribution in [1.29, 1.82) is 0 Å². The zero-order valence-corrected chi connectivity index (χ0v) is 14.6. The van der Waals surface area contributed by atoms with E-state index in [-0.39, 0.29) is 0 Å². The average Bonchev–Trinajstić information content (AvgIpc) is 2.44. The summed E-state index contributed by atoms with van der Waals surface area (Å²) >= 11 is 0. The van der Waals surface area contributed by atoms with Gasteiger partial charge in [0.1, 0.15) is 0 Å². The predicted octanol–water partition coefficient (Wildman–Crippen LogP) is 1.19. The summed E-state index contributed by atoms with van der Waals surface area (Å²) in [6.45, 7) is 2.21. The van der Waals surface area contributed by atoms with Crippen molar-refractivity contribution in [2.45, 2.75) is 83.0 Å². The van der Waals surface area contributed by atoms with Crippen molar-refractivity contribution in [3.8, 4) is 0 Å². The smallest absolute Gasteiger partial charge is 0.336 e. The zero-order chi connectivity index (χ0) is 19.9. The summed E-state index contributed by atoms with van der Waals surface area (Å²) in [4.78, 5) is 30.5. The summed E-state index contributed by atoms with van der Waals surface area (Å²) in [5.41, 5.74) is -2.74. The lowest BCUT2D eigenvalue weighted by molar-refractivity contribution is -0.170. The molecule has 0 aromatic rings. The molecule has 0 spiro atoms. The third-order valence-corrected chi connectivity index (χ3v) is 3.35. The van der Waals surface area contributed by atoms with Gasteiger partial charge in [0, 0.05) is 0 Å². The SMILES string of the molecule is CCCCCCCCCC(O)O.O=C(O)CC(O)(CC(=O)O)C(=O)O. The maximum Gasteiger partial charge on any atom is 0.336 e. The van der Waals surface area contributed by atoms with Crippen LogP contribution in [0.5, 0.6) is 0 Å². The van der Waals surface area contributed by atoms with E-state index in [0.717, 1.165) is 12.8 Å².